The molecule has 1 unspecified atom stereocenters. The Balaban J connectivity index is 2.68. The van der Waals surface area contributed by atoms with E-state index in [0.29, 0.717) is 11.9 Å². The average Bonchev–Trinajstić information content (AvgIpc) is 2.17. The third kappa shape index (κ3) is 3.00. The van der Waals surface area contributed by atoms with Crippen LogP contribution in [0.3, 0.4) is 0 Å². The highest BCUT2D eigenvalue weighted by molar-refractivity contribution is 5.20. The molecule has 0 aromatic carbocycles. The SMILES string of the molecule is CNC(C)c1ccc(OC(C)C)nc1. The predicted octanol–water partition coefficient (Wildman–Crippen LogP) is 2.15. The third-order valence-corrected chi connectivity index (χ3v) is 2.05. The lowest BCUT2D eigenvalue weighted by Crippen LogP contribution is -2.13. The number of aromatic nitrogens is 1. The molecular formula is C11H18N2O. The fourth-order valence-electron chi connectivity index (χ4n) is 1.13. The molecule has 0 saturated carbocycles. The van der Waals surface area contributed by atoms with Crippen LogP contribution in [0.15, 0.2) is 18.3 Å². The summed E-state index contributed by atoms with van der Waals surface area (Å²) in [6.07, 6.45) is 2.02. The van der Waals surface area contributed by atoms with Crippen molar-refractivity contribution >= 4 is 0 Å². The second-order valence-corrected chi connectivity index (χ2v) is 3.61. The van der Waals surface area contributed by atoms with Crippen molar-refractivity contribution in [1.82, 2.24) is 10.3 Å². The first-order valence-electron chi connectivity index (χ1n) is 4.93. The summed E-state index contributed by atoms with van der Waals surface area (Å²) in [7, 11) is 1.93. The maximum Gasteiger partial charge on any atom is 0.213 e. The Morgan fingerprint density at radius 3 is 2.43 bits per heavy atom. The van der Waals surface area contributed by atoms with Crippen molar-refractivity contribution < 1.29 is 4.74 Å². The lowest BCUT2D eigenvalue weighted by atomic mass is 10.1. The van der Waals surface area contributed by atoms with E-state index < -0.39 is 0 Å². The van der Waals surface area contributed by atoms with Crippen LogP contribution in [0.5, 0.6) is 5.88 Å². The molecule has 1 aromatic heterocycles. The molecule has 0 aliphatic heterocycles. The minimum Gasteiger partial charge on any atom is -0.475 e. The van der Waals surface area contributed by atoms with Gasteiger partial charge in [0.15, 0.2) is 0 Å². The van der Waals surface area contributed by atoms with Crippen molar-refractivity contribution in [2.75, 3.05) is 7.05 Å². The molecule has 1 atom stereocenters. The van der Waals surface area contributed by atoms with Crippen LogP contribution in [0.4, 0.5) is 0 Å². The molecule has 0 aliphatic rings. The number of nitrogens with one attached hydrogen (secondary N) is 1. The molecule has 1 aromatic rings. The molecule has 1 heterocycles. The summed E-state index contributed by atoms with van der Waals surface area (Å²) in [6.45, 7) is 6.08. The summed E-state index contributed by atoms with van der Waals surface area (Å²) in [5, 5.41) is 3.16. The first-order chi connectivity index (χ1) is 6.63. The second-order valence-electron chi connectivity index (χ2n) is 3.61. The number of ether oxygens (including phenoxy) is 1. The molecule has 1 rings (SSSR count). The van der Waals surface area contributed by atoms with Crippen LogP contribution >= 0.6 is 0 Å². The highest BCUT2D eigenvalue weighted by atomic mass is 16.5. The van der Waals surface area contributed by atoms with Crippen molar-refractivity contribution in [1.29, 1.82) is 0 Å². The number of rotatable bonds is 4. The molecule has 78 valence electrons. The summed E-state index contributed by atoms with van der Waals surface area (Å²) >= 11 is 0. The van der Waals surface area contributed by atoms with Gasteiger partial charge in [0.2, 0.25) is 5.88 Å². The van der Waals surface area contributed by atoms with Crippen LogP contribution in [-0.4, -0.2) is 18.1 Å². The third-order valence-electron chi connectivity index (χ3n) is 2.05. The average molecular weight is 194 g/mol. The maximum absolute atomic E-state index is 5.45. The zero-order valence-electron chi connectivity index (χ0n) is 9.24. The molecule has 0 radical (unpaired) electrons. The molecule has 0 bridgehead atoms. The van der Waals surface area contributed by atoms with Crippen LogP contribution in [0, 0.1) is 0 Å². The topological polar surface area (TPSA) is 34.1 Å². The second kappa shape index (κ2) is 4.96. The number of pyridine rings is 1. The van der Waals surface area contributed by atoms with E-state index in [4.69, 9.17) is 4.74 Å². The Kier molecular flexibility index (Phi) is 3.89. The van der Waals surface area contributed by atoms with E-state index in [-0.39, 0.29) is 6.10 Å². The Hall–Kier alpha value is -1.09. The molecule has 14 heavy (non-hydrogen) atoms. The summed E-state index contributed by atoms with van der Waals surface area (Å²) in [5.41, 5.74) is 1.17. The van der Waals surface area contributed by atoms with Gasteiger partial charge in [-0.15, -0.1) is 0 Å². The van der Waals surface area contributed by atoms with Crippen molar-refractivity contribution in [3.05, 3.63) is 23.9 Å². The van der Waals surface area contributed by atoms with E-state index in [1.807, 2.05) is 39.2 Å². The highest BCUT2D eigenvalue weighted by Crippen LogP contribution is 2.14. The first kappa shape index (κ1) is 11.0. The molecule has 0 saturated heterocycles. The predicted molar refractivity (Wildman–Crippen MR) is 57.5 cm³/mol. The van der Waals surface area contributed by atoms with Gasteiger partial charge in [-0.05, 0) is 33.4 Å². The number of nitrogens with zero attached hydrogens (tertiary/aromatic N) is 1. The Morgan fingerprint density at radius 2 is 2.00 bits per heavy atom. The van der Waals surface area contributed by atoms with Crippen LogP contribution < -0.4 is 10.1 Å². The molecule has 1 N–H and O–H groups in total. The quantitative estimate of drug-likeness (QED) is 0.797. The molecule has 0 fully saturated rings. The van der Waals surface area contributed by atoms with Crippen LogP contribution in [-0.2, 0) is 0 Å². The molecule has 3 heteroatoms. The summed E-state index contributed by atoms with van der Waals surface area (Å²) in [4.78, 5) is 4.23. The fourth-order valence-corrected chi connectivity index (χ4v) is 1.13. The van der Waals surface area contributed by atoms with Gasteiger partial charge in [-0.2, -0.15) is 0 Å². The molecule has 3 nitrogen and oxygen atoms in total. The van der Waals surface area contributed by atoms with E-state index in [0.717, 1.165) is 0 Å². The van der Waals surface area contributed by atoms with Gasteiger partial charge in [0.1, 0.15) is 0 Å². The van der Waals surface area contributed by atoms with Gasteiger partial charge < -0.3 is 10.1 Å². The van der Waals surface area contributed by atoms with E-state index in [1.165, 1.54) is 5.56 Å². The van der Waals surface area contributed by atoms with Crippen LogP contribution in [0.1, 0.15) is 32.4 Å². The van der Waals surface area contributed by atoms with Gasteiger partial charge in [-0.1, -0.05) is 6.07 Å². The van der Waals surface area contributed by atoms with Gasteiger partial charge in [0, 0.05) is 18.3 Å². The van der Waals surface area contributed by atoms with Gasteiger partial charge in [0.25, 0.3) is 0 Å². The van der Waals surface area contributed by atoms with Crippen molar-refractivity contribution in [2.45, 2.75) is 32.9 Å². The summed E-state index contributed by atoms with van der Waals surface area (Å²) in [6, 6.07) is 4.27. The standard InChI is InChI=1S/C11H18N2O/c1-8(2)14-11-6-5-10(7-13-11)9(3)12-4/h5-9,12H,1-4H3. The van der Waals surface area contributed by atoms with E-state index in [1.54, 1.807) is 0 Å². The lowest BCUT2D eigenvalue weighted by Gasteiger charge is -2.12. The highest BCUT2D eigenvalue weighted by Gasteiger charge is 2.03. The minimum atomic E-state index is 0.176. The molecule has 0 amide bonds. The normalized spacial score (nSPS) is 12.9. The summed E-state index contributed by atoms with van der Waals surface area (Å²) < 4.78 is 5.45. The van der Waals surface area contributed by atoms with Gasteiger partial charge in [-0.25, -0.2) is 4.98 Å². The van der Waals surface area contributed by atoms with Crippen molar-refractivity contribution in [3.63, 3.8) is 0 Å². The van der Waals surface area contributed by atoms with Gasteiger partial charge in [-0.3, -0.25) is 0 Å². The fraction of sp³-hybridized carbons (Fsp3) is 0.545. The number of hydrogen-bond donors (Lipinski definition) is 1. The Morgan fingerprint density at radius 1 is 1.29 bits per heavy atom. The summed E-state index contributed by atoms with van der Waals surface area (Å²) in [5.74, 6) is 0.687. The van der Waals surface area contributed by atoms with Crippen molar-refractivity contribution in [2.24, 2.45) is 0 Å². The monoisotopic (exact) mass is 194 g/mol. The largest absolute Gasteiger partial charge is 0.475 e. The van der Waals surface area contributed by atoms with Crippen molar-refractivity contribution in [3.8, 4) is 5.88 Å². The van der Waals surface area contributed by atoms with Gasteiger partial charge >= 0.3 is 0 Å². The first-order valence-corrected chi connectivity index (χ1v) is 4.93. The Labute approximate surface area is 85.5 Å². The number of hydrogen-bond acceptors (Lipinski definition) is 3. The zero-order chi connectivity index (χ0) is 10.6. The van der Waals surface area contributed by atoms with Gasteiger partial charge in [0.05, 0.1) is 6.10 Å². The molecule has 0 spiro atoms. The molecular weight excluding hydrogens is 176 g/mol. The lowest BCUT2D eigenvalue weighted by molar-refractivity contribution is 0.232. The Bertz CT molecular complexity index is 269. The molecule has 0 aliphatic carbocycles. The smallest absolute Gasteiger partial charge is 0.213 e. The van der Waals surface area contributed by atoms with Crippen LogP contribution in [0.2, 0.25) is 0 Å². The van der Waals surface area contributed by atoms with E-state index in [2.05, 4.69) is 17.2 Å². The minimum absolute atomic E-state index is 0.176. The van der Waals surface area contributed by atoms with Crippen LogP contribution in [0.25, 0.3) is 0 Å². The maximum atomic E-state index is 5.45. The van der Waals surface area contributed by atoms with E-state index in [9.17, 15) is 0 Å². The van der Waals surface area contributed by atoms with E-state index >= 15 is 0 Å². The zero-order valence-corrected chi connectivity index (χ0v) is 9.24.